The van der Waals surface area contributed by atoms with Crippen LogP contribution in [0.5, 0.6) is 0 Å². The Bertz CT molecular complexity index is 697. The Hall–Kier alpha value is -1.84. The lowest BCUT2D eigenvalue weighted by Crippen LogP contribution is -2.25. The molecule has 2 N–H and O–H groups in total. The number of carboxylic acid groups (broad SMARTS) is 2. The fraction of sp³-hybridized carbons (Fsp3) is 0.692. The minimum atomic E-state index is -0.864. The summed E-state index contributed by atoms with van der Waals surface area (Å²) < 4.78 is 0. The highest BCUT2D eigenvalue weighted by atomic mass is 16.4. The Labute approximate surface area is 183 Å². The molecule has 0 amide bonds. The van der Waals surface area contributed by atoms with Crippen LogP contribution < -0.4 is 0 Å². The molecule has 0 aromatic heterocycles. The molecule has 0 aliphatic carbocycles. The smallest absolute Gasteiger partial charge is 0.310 e. The number of hydrogen-bond acceptors (Lipinski definition) is 2. The third-order valence-corrected chi connectivity index (χ3v) is 5.82. The number of hydrogen-bond donors (Lipinski definition) is 2. The predicted octanol–water partition coefficient (Wildman–Crippen LogP) is 6.97. The highest BCUT2D eigenvalue weighted by Crippen LogP contribution is 2.40. The Morgan fingerprint density at radius 3 is 1.67 bits per heavy atom. The fourth-order valence-corrected chi connectivity index (χ4v) is 4.19. The number of rotatable bonds is 12. The Balaban J connectivity index is 3.50. The standard InChI is InChI=1S/C26H42O4/c1-17(2)11-8-14-20(24(27)28)19-13-10-16-22(26(5,6)7)23(19)21(25(29)30)15-9-12-18(3)4/h10,13,16-18,20-21H,8-9,11-12,14-15H2,1-7H3,(H,27,28)(H,29,30). The van der Waals surface area contributed by atoms with E-state index in [9.17, 15) is 19.8 Å². The second kappa shape index (κ2) is 11.5. The molecule has 1 aromatic carbocycles. The molecule has 0 heterocycles. The van der Waals surface area contributed by atoms with Crippen molar-refractivity contribution in [1.29, 1.82) is 0 Å². The van der Waals surface area contributed by atoms with Crippen molar-refractivity contribution in [2.24, 2.45) is 11.8 Å². The minimum Gasteiger partial charge on any atom is -0.481 e. The average molecular weight is 419 g/mol. The Morgan fingerprint density at radius 2 is 1.27 bits per heavy atom. The molecule has 1 aromatic rings. The van der Waals surface area contributed by atoms with Crippen LogP contribution in [-0.4, -0.2) is 22.2 Å². The van der Waals surface area contributed by atoms with Crippen molar-refractivity contribution < 1.29 is 19.8 Å². The van der Waals surface area contributed by atoms with Crippen molar-refractivity contribution in [3.63, 3.8) is 0 Å². The van der Waals surface area contributed by atoms with Gasteiger partial charge in [0.2, 0.25) is 0 Å². The first-order valence-electron chi connectivity index (χ1n) is 11.4. The highest BCUT2D eigenvalue weighted by molar-refractivity contribution is 5.81. The highest BCUT2D eigenvalue weighted by Gasteiger charge is 2.33. The van der Waals surface area contributed by atoms with Gasteiger partial charge in [-0.3, -0.25) is 9.59 Å². The molecular formula is C26H42O4. The molecular weight excluding hydrogens is 376 g/mol. The molecule has 2 atom stereocenters. The van der Waals surface area contributed by atoms with Crippen molar-refractivity contribution in [2.75, 3.05) is 0 Å². The van der Waals surface area contributed by atoms with Crippen molar-refractivity contribution in [3.8, 4) is 0 Å². The molecule has 0 radical (unpaired) electrons. The minimum absolute atomic E-state index is 0.266. The normalized spacial score (nSPS) is 14.2. The zero-order valence-electron chi connectivity index (χ0n) is 20.0. The summed E-state index contributed by atoms with van der Waals surface area (Å²) in [5.74, 6) is -2.04. The van der Waals surface area contributed by atoms with Gasteiger partial charge in [-0.25, -0.2) is 0 Å². The van der Waals surface area contributed by atoms with Crippen LogP contribution in [0.3, 0.4) is 0 Å². The van der Waals surface area contributed by atoms with Gasteiger partial charge in [0, 0.05) is 0 Å². The molecule has 30 heavy (non-hydrogen) atoms. The molecule has 4 nitrogen and oxygen atoms in total. The number of carboxylic acids is 2. The van der Waals surface area contributed by atoms with E-state index in [0.29, 0.717) is 30.2 Å². The van der Waals surface area contributed by atoms with Gasteiger partial charge in [0.05, 0.1) is 11.8 Å². The SMILES string of the molecule is CC(C)CCCC(C(=O)O)c1cccc(C(C)(C)C)c1C(CCCC(C)C)C(=O)O. The molecule has 1 rings (SSSR count). The maximum absolute atomic E-state index is 12.4. The van der Waals surface area contributed by atoms with Crippen LogP contribution >= 0.6 is 0 Å². The average Bonchev–Trinajstić information content (AvgIpc) is 2.60. The van der Waals surface area contributed by atoms with Crippen LogP contribution in [0.1, 0.15) is 116 Å². The van der Waals surface area contributed by atoms with Crippen LogP contribution in [0, 0.1) is 11.8 Å². The van der Waals surface area contributed by atoms with Crippen LogP contribution in [0.25, 0.3) is 0 Å². The Morgan fingerprint density at radius 1 is 0.800 bits per heavy atom. The van der Waals surface area contributed by atoms with Gasteiger partial charge in [-0.05, 0) is 46.8 Å². The zero-order valence-corrected chi connectivity index (χ0v) is 20.0. The third-order valence-electron chi connectivity index (χ3n) is 5.82. The van der Waals surface area contributed by atoms with Crippen molar-refractivity contribution >= 4 is 11.9 Å². The topological polar surface area (TPSA) is 74.6 Å². The van der Waals surface area contributed by atoms with Gasteiger partial charge in [-0.2, -0.15) is 0 Å². The molecule has 2 unspecified atom stereocenters. The lowest BCUT2D eigenvalue weighted by atomic mass is 9.74. The third kappa shape index (κ3) is 7.77. The largest absolute Gasteiger partial charge is 0.481 e. The first-order chi connectivity index (χ1) is 13.9. The van der Waals surface area contributed by atoms with E-state index >= 15 is 0 Å². The quantitative estimate of drug-likeness (QED) is 0.384. The second-order valence-corrected chi connectivity index (χ2v) is 10.5. The number of aliphatic carboxylic acids is 2. The second-order valence-electron chi connectivity index (χ2n) is 10.5. The molecule has 170 valence electrons. The maximum atomic E-state index is 12.4. The predicted molar refractivity (Wildman–Crippen MR) is 123 cm³/mol. The van der Waals surface area contributed by atoms with E-state index in [2.05, 4.69) is 48.5 Å². The van der Waals surface area contributed by atoms with Gasteiger partial charge in [0.25, 0.3) is 0 Å². The van der Waals surface area contributed by atoms with Crippen LogP contribution in [-0.2, 0) is 15.0 Å². The fourth-order valence-electron chi connectivity index (χ4n) is 4.19. The molecule has 0 spiro atoms. The summed E-state index contributed by atoms with van der Waals surface area (Å²) in [6, 6.07) is 5.71. The van der Waals surface area contributed by atoms with Gasteiger partial charge in [0.1, 0.15) is 0 Å². The lowest BCUT2D eigenvalue weighted by molar-refractivity contribution is -0.140. The van der Waals surface area contributed by atoms with Gasteiger partial charge in [-0.1, -0.05) is 92.3 Å². The van der Waals surface area contributed by atoms with E-state index in [1.165, 1.54) is 0 Å². The maximum Gasteiger partial charge on any atom is 0.310 e. The van der Waals surface area contributed by atoms with Gasteiger partial charge < -0.3 is 10.2 Å². The molecule has 4 heteroatoms. The first-order valence-corrected chi connectivity index (χ1v) is 11.4. The first kappa shape index (κ1) is 26.2. The summed E-state index contributed by atoms with van der Waals surface area (Å²) in [7, 11) is 0. The lowest BCUT2D eigenvalue weighted by Gasteiger charge is -2.30. The molecule has 0 aliphatic heterocycles. The van der Waals surface area contributed by atoms with Crippen LogP contribution in [0.15, 0.2) is 18.2 Å². The van der Waals surface area contributed by atoms with Crippen LogP contribution in [0.2, 0.25) is 0 Å². The van der Waals surface area contributed by atoms with Crippen molar-refractivity contribution in [2.45, 2.75) is 104 Å². The van der Waals surface area contributed by atoms with E-state index < -0.39 is 23.8 Å². The molecule has 0 fully saturated rings. The Kier molecular flexibility index (Phi) is 10.1. The van der Waals surface area contributed by atoms with E-state index in [0.717, 1.165) is 36.8 Å². The van der Waals surface area contributed by atoms with Gasteiger partial charge in [0.15, 0.2) is 0 Å². The number of benzene rings is 1. The van der Waals surface area contributed by atoms with E-state index in [1.807, 2.05) is 18.2 Å². The summed E-state index contributed by atoms with van der Waals surface area (Å²) in [5.41, 5.74) is 2.11. The molecule has 0 saturated heterocycles. The van der Waals surface area contributed by atoms with Crippen LogP contribution in [0.4, 0.5) is 0 Å². The van der Waals surface area contributed by atoms with Crippen molar-refractivity contribution in [1.82, 2.24) is 0 Å². The van der Waals surface area contributed by atoms with E-state index in [1.54, 1.807) is 0 Å². The zero-order chi connectivity index (χ0) is 23.1. The van der Waals surface area contributed by atoms with Gasteiger partial charge in [-0.15, -0.1) is 0 Å². The van der Waals surface area contributed by atoms with Crippen molar-refractivity contribution in [3.05, 3.63) is 34.9 Å². The van der Waals surface area contributed by atoms with Gasteiger partial charge >= 0.3 is 11.9 Å². The van der Waals surface area contributed by atoms with E-state index in [4.69, 9.17) is 0 Å². The monoisotopic (exact) mass is 418 g/mol. The molecule has 0 bridgehead atoms. The summed E-state index contributed by atoms with van der Waals surface area (Å²) in [6.07, 6.45) is 4.64. The van der Waals surface area contributed by atoms with E-state index in [-0.39, 0.29) is 5.41 Å². The molecule has 0 saturated carbocycles. The summed E-state index contributed by atoms with van der Waals surface area (Å²) in [4.78, 5) is 24.6. The summed E-state index contributed by atoms with van der Waals surface area (Å²) >= 11 is 0. The summed E-state index contributed by atoms with van der Waals surface area (Å²) in [6.45, 7) is 14.7. The molecule has 0 aliphatic rings. The number of carbonyl (C=O) groups is 2. The summed E-state index contributed by atoms with van der Waals surface area (Å²) in [5, 5.41) is 20.2.